The molecular formula is C18H23F3N4O3. The van der Waals surface area contributed by atoms with Crippen LogP contribution in [0.2, 0.25) is 0 Å². The van der Waals surface area contributed by atoms with E-state index in [1.807, 2.05) is 0 Å². The van der Waals surface area contributed by atoms with E-state index < -0.39 is 18.0 Å². The first kappa shape index (κ1) is 19.6. The number of aryl methyl sites for hydroxylation is 1. The van der Waals surface area contributed by atoms with Crippen LogP contribution in [0.5, 0.6) is 0 Å². The second-order valence-electron chi connectivity index (χ2n) is 7.41. The number of carbonyl (C=O) groups excluding carboxylic acids is 1. The zero-order valence-electron chi connectivity index (χ0n) is 15.5. The van der Waals surface area contributed by atoms with Gasteiger partial charge in [0.2, 0.25) is 0 Å². The molecule has 4 atom stereocenters. The summed E-state index contributed by atoms with van der Waals surface area (Å²) in [7, 11) is 0. The number of amides is 1. The van der Waals surface area contributed by atoms with Crippen LogP contribution >= 0.6 is 0 Å². The Morgan fingerprint density at radius 2 is 2.11 bits per heavy atom. The van der Waals surface area contributed by atoms with Crippen molar-refractivity contribution in [3.63, 3.8) is 0 Å². The zero-order chi connectivity index (χ0) is 19.9. The van der Waals surface area contributed by atoms with Gasteiger partial charge >= 0.3 is 6.18 Å². The molecule has 0 spiro atoms. The molecule has 1 aromatic rings. The van der Waals surface area contributed by atoms with Crippen molar-refractivity contribution in [3.8, 4) is 0 Å². The Hall–Kier alpha value is -1.75. The largest absolute Gasteiger partial charge is 0.433 e. The number of likely N-dealkylation sites (tertiary alicyclic amines) is 1. The number of rotatable bonds is 2. The van der Waals surface area contributed by atoms with Crippen LogP contribution in [0.3, 0.4) is 0 Å². The molecule has 3 aliphatic rings. The third-order valence-electron chi connectivity index (χ3n) is 5.67. The number of hydrogen-bond donors (Lipinski definition) is 2. The molecule has 4 rings (SSSR count). The molecule has 0 saturated carbocycles. The third-order valence-corrected chi connectivity index (χ3v) is 5.67. The first-order valence-electron chi connectivity index (χ1n) is 9.38. The first-order valence-corrected chi connectivity index (χ1v) is 9.38. The highest BCUT2D eigenvalue weighted by Gasteiger charge is 2.44. The number of aromatic nitrogens is 1. The zero-order valence-corrected chi connectivity index (χ0v) is 15.5. The fourth-order valence-electron chi connectivity index (χ4n) is 4.20. The molecule has 3 aliphatic heterocycles. The molecule has 7 nitrogen and oxygen atoms in total. The molecule has 2 N–H and O–H groups in total. The normalized spacial score (nSPS) is 30.9. The quantitative estimate of drug-likeness (QED) is 0.777. The summed E-state index contributed by atoms with van der Waals surface area (Å²) < 4.78 is 49.6. The van der Waals surface area contributed by atoms with Gasteiger partial charge in [0.15, 0.2) is 6.10 Å². The number of alkyl halides is 3. The SMILES string of the molecule is Cc1nc(C(F)(F)F)ccc1C1NNC2CCN(C(=O)C3COCCO3)CC21. The minimum absolute atomic E-state index is 0.0273. The lowest BCUT2D eigenvalue weighted by atomic mass is 9.84. The van der Waals surface area contributed by atoms with Crippen LogP contribution in [0, 0.1) is 12.8 Å². The van der Waals surface area contributed by atoms with Gasteiger partial charge in [-0.3, -0.25) is 10.2 Å². The number of hydrazine groups is 1. The van der Waals surface area contributed by atoms with Crippen molar-refractivity contribution in [3.05, 3.63) is 29.1 Å². The standard InChI is InChI=1S/C18H23F3N4O3/c1-10-11(2-3-15(22-10)18(19,20)21)16-12-8-25(5-4-13(12)23-24-16)17(26)14-9-27-6-7-28-14/h2-3,12-14,16,23-24H,4-9H2,1H3. The molecule has 0 aromatic carbocycles. The van der Waals surface area contributed by atoms with Gasteiger partial charge in [0.05, 0.1) is 25.9 Å². The number of fused-ring (bicyclic) bond motifs is 1. The number of nitrogens with one attached hydrogen (secondary N) is 2. The smallest absolute Gasteiger partial charge is 0.376 e. The molecule has 154 valence electrons. The predicted octanol–water partition coefficient (Wildman–Crippen LogP) is 1.19. The summed E-state index contributed by atoms with van der Waals surface area (Å²) in [5.41, 5.74) is 6.56. The lowest BCUT2D eigenvalue weighted by Gasteiger charge is -2.38. The molecule has 1 amide bonds. The number of pyridine rings is 1. The molecule has 3 fully saturated rings. The Morgan fingerprint density at radius 1 is 1.29 bits per heavy atom. The van der Waals surface area contributed by atoms with Crippen LogP contribution < -0.4 is 10.9 Å². The summed E-state index contributed by atoms with van der Waals surface area (Å²) in [5.74, 6) is -0.0643. The number of carbonyl (C=O) groups is 1. The molecule has 28 heavy (non-hydrogen) atoms. The maximum atomic E-state index is 12.9. The van der Waals surface area contributed by atoms with E-state index in [0.29, 0.717) is 37.6 Å². The molecule has 0 radical (unpaired) electrons. The number of piperidine rings is 1. The highest BCUT2D eigenvalue weighted by atomic mass is 19.4. The Balaban J connectivity index is 1.50. The number of hydrogen-bond acceptors (Lipinski definition) is 6. The second-order valence-corrected chi connectivity index (χ2v) is 7.41. The highest BCUT2D eigenvalue weighted by Crippen LogP contribution is 2.36. The van der Waals surface area contributed by atoms with E-state index in [-0.39, 0.29) is 30.5 Å². The van der Waals surface area contributed by atoms with E-state index in [1.54, 1.807) is 11.8 Å². The fraction of sp³-hybridized carbons (Fsp3) is 0.667. The summed E-state index contributed by atoms with van der Waals surface area (Å²) in [5, 5.41) is 0. The Labute approximate surface area is 160 Å². The van der Waals surface area contributed by atoms with Crippen LogP contribution in [-0.2, 0) is 20.4 Å². The Morgan fingerprint density at radius 3 is 2.79 bits per heavy atom. The summed E-state index contributed by atoms with van der Waals surface area (Å²) in [6, 6.07) is 2.40. The van der Waals surface area contributed by atoms with E-state index in [0.717, 1.165) is 12.5 Å². The van der Waals surface area contributed by atoms with E-state index in [4.69, 9.17) is 9.47 Å². The minimum atomic E-state index is -4.47. The van der Waals surface area contributed by atoms with Gasteiger partial charge in [-0.15, -0.1) is 0 Å². The number of nitrogens with zero attached hydrogens (tertiary/aromatic N) is 2. The van der Waals surface area contributed by atoms with Gasteiger partial charge in [-0.2, -0.15) is 13.2 Å². The minimum Gasteiger partial charge on any atom is -0.376 e. The van der Waals surface area contributed by atoms with Gasteiger partial charge in [0.25, 0.3) is 5.91 Å². The van der Waals surface area contributed by atoms with Crippen molar-refractivity contribution < 1.29 is 27.4 Å². The molecule has 4 unspecified atom stereocenters. The average Bonchev–Trinajstić information content (AvgIpc) is 3.10. The van der Waals surface area contributed by atoms with Gasteiger partial charge in [-0.1, -0.05) is 6.07 Å². The van der Waals surface area contributed by atoms with E-state index in [9.17, 15) is 18.0 Å². The second kappa shape index (κ2) is 7.58. The summed E-state index contributed by atoms with van der Waals surface area (Å²) in [6.07, 6.45) is -4.30. The highest BCUT2D eigenvalue weighted by molar-refractivity contribution is 5.81. The number of halogens is 3. The monoisotopic (exact) mass is 400 g/mol. The Kier molecular flexibility index (Phi) is 5.30. The summed E-state index contributed by atoms with van der Waals surface area (Å²) in [6.45, 7) is 3.83. The Bertz CT molecular complexity index is 739. The third kappa shape index (κ3) is 3.73. The van der Waals surface area contributed by atoms with Crippen LogP contribution in [0.25, 0.3) is 0 Å². The van der Waals surface area contributed by atoms with Crippen molar-refractivity contribution in [2.24, 2.45) is 5.92 Å². The van der Waals surface area contributed by atoms with E-state index in [1.165, 1.54) is 6.07 Å². The summed E-state index contributed by atoms with van der Waals surface area (Å²) in [4.78, 5) is 18.3. The van der Waals surface area contributed by atoms with Crippen LogP contribution in [0.1, 0.15) is 29.4 Å². The molecular weight excluding hydrogens is 377 g/mol. The van der Waals surface area contributed by atoms with Gasteiger partial charge in [-0.25, -0.2) is 10.4 Å². The van der Waals surface area contributed by atoms with Crippen LogP contribution in [0.4, 0.5) is 13.2 Å². The van der Waals surface area contributed by atoms with Crippen LogP contribution in [-0.4, -0.2) is 60.8 Å². The van der Waals surface area contributed by atoms with Crippen molar-refractivity contribution in [2.75, 3.05) is 32.9 Å². The molecule has 1 aromatic heterocycles. The van der Waals surface area contributed by atoms with E-state index in [2.05, 4.69) is 15.8 Å². The predicted molar refractivity (Wildman–Crippen MR) is 92.0 cm³/mol. The average molecular weight is 400 g/mol. The molecule has 10 heteroatoms. The molecule has 3 saturated heterocycles. The van der Waals surface area contributed by atoms with Crippen molar-refractivity contribution in [1.82, 2.24) is 20.7 Å². The lowest BCUT2D eigenvalue weighted by molar-refractivity contribution is -0.159. The topological polar surface area (TPSA) is 75.7 Å². The van der Waals surface area contributed by atoms with Gasteiger partial charge in [-0.05, 0) is 25.0 Å². The summed E-state index contributed by atoms with van der Waals surface area (Å²) >= 11 is 0. The maximum absolute atomic E-state index is 12.9. The van der Waals surface area contributed by atoms with Crippen molar-refractivity contribution >= 4 is 5.91 Å². The lowest BCUT2D eigenvalue weighted by Crippen LogP contribution is -2.52. The van der Waals surface area contributed by atoms with Gasteiger partial charge in [0, 0.05) is 30.7 Å². The van der Waals surface area contributed by atoms with Crippen molar-refractivity contribution in [1.29, 1.82) is 0 Å². The fourth-order valence-corrected chi connectivity index (χ4v) is 4.20. The number of ether oxygens (including phenoxy) is 2. The van der Waals surface area contributed by atoms with Gasteiger partial charge < -0.3 is 14.4 Å². The van der Waals surface area contributed by atoms with Gasteiger partial charge in [0.1, 0.15) is 5.69 Å². The van der Waals surface area contributed by atoms with Crippen molar-refractivity contribution in [2.45, 2.75) is 37.7 Å². The van der Waals surface area contributed by atoms with E-state index >= 15 is 0 Å². The maximum Gasteiger partial charge on any atom is 0.433 e. The molecule has 4 heterocycles. The first-order chi connectivity index (χ1) is 13.3. The molecule has 0 aliphatic carbocycles. The molecule has 0 bridgehead atoms. The van der Waals surface area contributed by atoms with Crippen LogP contribution in [0.15, 0.2) is 12.1 Å².